The Bertz CT molecular complexity index is 822. The lowest BCUT2D eigenvalue weighted by molar-refractivity contribution is -0.385. The second-order valence-electron chi connectivity index (χ2n) is 4.72. The minimum absolute atomic E-state index is 0.0835. The SMILES string of the molecule is Cc1ccc(C(=O)NCC#Cc2ccccc2Cl)cc1[N+](=O)[O-]. The van der Waals surface area contributed by atoms with Crippen molar-refractivity contribution in [1.29, 1.82) is 0 Å². The second-order valence-corrected chi connectivity index (χ2v) is 5.13. The number of nitrogens with one attached hydrogen (secondary N) is 1. The van der Waals surface area contributed by atoms with Crippen molar-refractivity contribution >= 4 is 23.2 Å². The first kappa shape index (κ1) is 16.5. The van der Waals surface area contributed by atoms with Crippen LogP contribution < -0.4 is 5.32 Å². The highest BCUT2D eigenvalue weighted by atomic mass is 35.5. The van der Waals surface area contributed by atoms with Crippen molar-refractivity contribution < 1.29 is 9.72 Å². The lowest BCUT2D eigenvalue weighted by atomic mass is 10.1. The number of nitrogens with zero attached hydrogens (tertiary/aromatic N) is 1. The molecule has 2 aromatic carbocycles. The van der Waals surface area contributed by atoms with Crippen molar-refractivity contribution in [3.8, 4) is 11.8 Å². The average molecular weight is 329 g/mol. The minimum atomic E-state index is -0.511. The second kappa shape index (κ2) is 7.43. The van der Waals surface area contributed by atoms with Crippen LogP contribution in [0, 0.1) is 28.9 Å². The van der Waals surface area contributed by atoms with Gasteiger partial charge in [-0.25, -0.2) is 0 Å². The molecule has 2 aromatic rings. The summed E-state index contributed by atoms with van der Waals surface area (Å²) in [4.78, 5) is 22.4. The fourth-order valence-corrected chi connectivity index (χ4v) is 2.06. The number of carbonyl (C=O) groups excluding carboxylic acids is 1. The fourth-order valence-electron chi connectivity index (χ4n) is 1.88. The van der Waals surface area contributed by atoms with Crippen LogP contribution in [0.15, 0.2) is 42.5 Å². The van der Waals surface area contributed by atoms with Gasteiger partial charge in [-0.05, 0) is 25.1 Å². The molecule has 2 rings (SSSR count). The molecule has 0 heterocycles. The van der Waals surface area contributed by atoms with Gasteiger partial charge in [0.15, 0.2) is 0 Å². The number of hydrogen-bond acceptors (Lipinski definition) is 3. The lowest BCUT2D eigenvalue weighted by Crippen LogP contribution is -2.23. The standard InChI is InChI=1S/C17H13ClN2O3/c1-12-8-9-14(11-16(12)20(22)23)17(21)19-10-4-6-13-5-2-3-7-15(13)18/h2-3,5,7-9,11H,10H2,1H3,(H,19,21). The Labute approximate surface area is 138 Å². The van der Waals surface area contributed by atoms with E-state index >= 15 is 0 Å². The zero-order chi connectivity index (χ0) is 16.8. The molecule has 1 N–H and O–H groups in total. The van der Waals surface area contributed by atoms with Gasteiger partial charge >= 0.3 is 0 Å². The summed E-state index contributed by atoms with van der Waals surface area (Å²) in [6.45, 7) is 1.74. The average Bonchev–Trinajstić information content (AvgIpc) is 2.53. The van der Waals surface area contributed by atoms with E-state index in [-0.39, 0.29) is 17.8 Å². The smallest absolute Gasteiger partial charge is 0.273 e. The van der Waals surface area contributed by atoms with Crippen molar-refractivity contribution in [2.75, 3.05) is 6.54 Å². The Morgan fingerprint density at radius 3 is 2.74 bits per heavy atom. The van der Waals surface area contributed by atoms with Gasteiger partial charge in [-0.2, -0.15) is 0 Å². The van der Waals surface area contributed by atoms with Gasteiger partial charge in [-0.1, -0.05) is 41.6 Å². The van der Waals surface area contributed by atoms with E-state index in [1.54, 1.807) is 37.3 Å². The third kappa shape index (κ3) is 4.31. The summed E-state index contributed by atoms with van der Waals surface area (Å²) in [7, 11) is 0. The summed E-state index contributed by atoms with van der Waals surface area (Å²) in [5.74, 6) is 5.23. The fraction of sp³-hybridized carbons (Fsp3) is 0.118. The number of hydrogen-bond donors (Lipinski definition) is 1. The van der Waals surface area contributed by atoms with Gasteiger partial charge in [0, 0.05) is 22.8 Å². The Morgan fingerprint density at radius 1 is 1.30 bits per heavy atom. The zero-order valence-electron chi connectivity index (χ0n) is 12.3. The molecule has 0 saturated heterocycles. The first-order valence-corrected chi connectivity index (χ1v) is 7.13. The number of carbonyl (C=O) groups is 1. The Morgan fingerprint density at radius 2 is 2.04 bits per heavy atom. The zero-order valence-corrected chi connectivity index (χ0v) is 13.1. The quantitative estimate of drug-likeness (QED) is 0.533. The molecule has 0 bridgehead atoms. The molecule has 0 aliphatic carbocycles. The molecule has 0 aliphatic rings. The number of benzene rings is 2. The van der Waals surface area contributed by atoms with Gasteiger partial charge in [-0.15, -0.1) is 0 Å². The van der Waals surface area contributed by atoms with E-state index in [2.05, 4.69) is 17.2 Å². The monoisotopic (exact) mass is 328 g/mol. The van der Waals surface area contributed by atoms with E-state index in [1.807, 2.05) is 6.07 Å². The summed E-state index contributed by atoms with van der Waals surface area (Å²) < 4.78 is 0. The van der Waals surface area contributed by atoms with Crippen LogP contribution in [0.5, 0.6) is 0 Å². The third-order valence-corrected chi connectivity index (χ3v) is 3.43. The molecule has 0 unspecified atom stereocenters. The van der Waals surface area contributed by atoms with Crippen molar-refractivity contribution in [2.45, 2.75) is 6.92 Å². The van der Waals surface area contributed by atoms with E-state index in [4.69, 9.17) is 11.6 Å². The topological polar surface area (TPSA) is 72.2 Å². The molecular formula is C17H13ClN2O3. The molecule has 116 valence electrons. The molecule has 0 aliphatic heterocycles. The molecule has 0 spiro atoms. The molecule has 1 amide bonds. The lowest BCUT2D eigenvalue weighted by Gasteiger charge is -2.03. The van der Waals surface area contributed by atoms with Crippen LogP contribution in [-0.2, 0) is 0 Å². The van der Waals surface area contributed by atoms with E-state index in [1.165, 1.54) is 6.07 Å². The molecule has 0 saturated carbocycles. The molecule has 0 fully saturated rings. The van der Waals surface area contributed by atoms with Gasteiger partial charge < -0.3 is 5.32 Å². The van der Waals surface area contributed by atoms with Crippen LogP contribution in [-0.4, -0.2) is 17.4 Å². The summed E-state index contributed by atoms with van der Waals surface area (Å²) in [5.41, 5.74) is 1.32. The molecule has 23 heavy (non-hydrogen) atoms. The van der Waals surface area contributed by atoms with Gasteiger partial charge in [0.25, 0.3) is 11.6 Å². The van der Waals surface area contributed by atoms with Crippen molar-refractivity contribution in [1.82, 2.24) is 5.32 Å². The number of nitro benzene ring substituents is 1. The van der Waals surface area contributed by atoms with E-state index in [9.17, 15) is 14.9 Å². The number of halogens is 1. The largest absolute Gasteiger partial charge is 0.341 e. The maximum absolute atomic E-state index is 12.0. The van der Waals surface area contributed by atoms with Crippen LogP contribution in [0.2, 0.25) is 5.02 Å². The van der Waals surface area contributed by atoms with E-state index in [0.717, 1.165) is 0 Å². The highest BCUT2D eigenvalue weighted by molar-refractivity contribution is 6.31. The number of nitro groups is 1. The first-order chi connectivity index (χ1) is 11.0. The van der Waals surface area contributed by atoms with Crippen LogP contribution in [0.25, 0.3) is 0 Å². The predicted molar refractivity (Wildman–Crippen MR) is 88.5 cm³/mol. The molecule has 0 aromatic heterocycles. The van der Waals surface area contributed by atoms with E-state index in [0.29, 0.717) is 16.1 Å². The summed E-state index contributed by atoms with van der Waals surface area (Å²) in [6.07, 6.45) is 0. The van der Waals surface area contributed by atoms with Crippen molar-refractivity contribution in [3.63, 3.8) is 0 Å². The number of amides is 1. The highest BCUT2D eigenvalue weighted by Gasteiger charge is 2.14. The normalized spacial score (nSPS) is 9.65. The predicted octanol–water partition coefficient (Wildman–Crippen LogP) is 3.34. The maximum atomic E-state index is 12.0. The summed E-state index contributed by atoms with van der Waals surface area (Å²) >= 11 is 5.97. The summed E-state index contributed by atoms with van der Waals surface area (Å²) in [6, 6.07) is 11.5. The molecule has 6 heteroatoms. The molecule has 5 nitrogen and oxygen atoms in total. The Balaban J connectivity index is 2.03. The van der Waals surface area contributed by atoms with Gasteiger partial charge in [0.1, 0.15) is 0 Å². The number of rotatable bonds is 3. The third-order valence-electron chi connectivity index (χ3n) is 3.10. The van der Waals surface area contributed by atoms with Crippen LogP contribution in [0.1, 0.15) is 21.5 Å². The van der Waals surface area contributed by atoms with Gasteiger partial charge in [-0.3, -0.25) is 14.9 Å². The van der Waals surface area contributed by atoms with Crippen LogP contribution in [0.3, 0.4) is 0 Å². The van der Waals surface area contributed by atoms with Crippen molar-refractivity contribution in [3.05, 3.63) is 74.3 Å². The Hall–Kier alpha value is -2.84. The maximum Gasteiger partial charge on any atom is 0.273 e. The molecule has 0 radical (unpaired) electrons. The minimum Gasteiger partial charge on any atom is -0.341 e. The Kier molecular flexibility index (Phi) is 5.34. The van der Waals surface area contributed by atoms with Gasteiger partial charge in [0.05, 0.1) is 16.5 Å². The first-order valence-electron chi connectivity index (χ1n) is 6.75. The summed E-state index contributed by atoms with van der Waals surface area (Å²) in [5, 5.41) is 14.0. The molecular weight excluding hydrogens is 316 g/mol. The van der Waals surface area contributed by atoms with Crippen LogP contribution >= 0.6 is 11.6 Å². The number of aryl methyl sites for hydroxylation is 1. The van der Waals surface area contributed by atoms with Crippen molar-refractivity contribution in [2.24, 2.45) is 0 Å². The molecule has 0 atom stereocenters. The highest BCUT2D eigenvalue weighted by Crippen LogP contribution is 2.19. The van der Waals surface area contributed by atoms with Gasteiger partial charge in [0.2, 0.25) is 0 Å². The van der Waals surface area contributed by atoms with Crippen LogP contribution in [0.4, 0.5) is 5.69 Å². The van der Waals surface area contributed by atoms with E-state index < -0.39 is 10.8 Å².